The van der Waals surface area contributed by atoms with Gasteiger partial charge in [0.1, 0.15) is 0 Å². The Bertz CT molecular complexity index is 276. The third-order valence-electron chi connectivity index (χ3n) is 2.21. The van der Waals surface area contributed by atoms with Crippen molar-refractivity contribution >= 4 is 11.9 Å². The number of hydrogen-bond acceptors (Lipinski definition) is 4. The molecule has 0 aliphatic rings. The molecule has 1 unspecified atom stereocenters. The first kappa shape index (κ1) is 16.7. The largest absolute Gasteiger partial charge is 0.466 e. The van der Waals surface area contributed by atoms with Crippen LogP contribution in [0.1, 0.15) is 33.1 Å². The number of rotatable bonds is 7. The van der Waals surface area contributed by atoms with E-state index >= 15 is 0 Å². The molecule has 4 nitrogen and oxygen atoms in total. The molecule has 0 spiro atoms. The molecule has 0 heterocycles. The molecule has 0 amide bonds. The summed E-state index contributed by atoms with van der Waals surface area (Å²) >= 11 is 0. The Hall–Kier alpha value is -1.27. The van der Waals surface area contributed by atoms with E-state index in [4.69, 9.17) is 0 Å². The molecule has 0 saturated heterocycles. The predicted molar refractivity (Wildman–Crippen MR) is 56.7 cm³/mol. The predicted octanol–water partition coefficient (Wildman–Crippen LogP) is 2.46. The van der Waals surface area contributed by atoms with E-state index in [0.717, 1.165) is 6.92 Å². The van der Waals surface area contributed by atoms with Gasteiger partial charge in [0.25, 0.3) is 0 Å². The lowest BCUT2D eigenvalue weighted by atomic mass is 10.1. The zero-order valence-corrected chi connectivity index (χ0v) is 10.4. The molecule has 0 radical (unpaired) electrons. The molecule has 0 aliphatic carbocycles. The fourth-order valence-corrected chi connectivity index (χ4v) is 1.02. The molecule has 18 heavy (non-hydrogen) atoms. The van der Waals surface area contributed by atoms with E-state index in [1.165, 1.54) is 0 Å². The minimum absolute atomic E-state index is 0.124. The zero-order valence-electron chi connectivity index (χ0n) is 10.4. The molecular weight excluding hydrogens is 253 g/mol. The van der Waals surface area contributed by atoms with Crippen LogP contribution >= 0.6 is 0 Å². The van der Waals surface area contributed by atoms with E-state index in [0.29, 0.717) is 0 Å². The van der Waals surface area contributed by atoms with Gasteiger partial charge in [-0.1, -0.05) is 6.92 Å². The van der Waals surface area contributed by atoms with Gasteiger partial charge in [0.15, 0.2) is 0 Å². The van der Waals surface area contributed by atoms with Gasteiger partial charge < -0.3 is 9.47 Å². The van der Waals surface area contributed by atoms with Crippen LogP contribution in [0.3, 0.4) is 0 Å². The first-order valence-corrected chi connectivity index (χ1v) is 5.65. The maximum absolute atomic E-state index is 12.1. The van der Waals surface area contributed by atoms with Gasteiger partial charge in [-0.25, -0.2) is 0 Å². The van der Waals surface area contributed by atoms with Crippen molar-refractivity contribution in [2.24, 2.45) is 5.92 Å². The number of carbonyl (C=O) groups is 2. The highest BCUT2D eigenvalue weighted by molar-refractivity contribution is 5.77. The third kappa shape index (κ3) is 7.92. The number of ether oxygens (including phenoxy) is 2. The number of esters is 2. The summed E-state index contributed by atoms with van der Waals surface area (Å²) in [5, 5.41) is 0. The first-order chi connectivity index (χ1) is 8.27. The van der Waals surface area contributed by atoms with Gasteiger partial charge in [-0.2, -0.15) is 13.2 Å². The van der Waals surface area contributed by atoms with Gasteiger partial charge in [-0.15, -0.1) is 0 Å². The van der Waals surface area contributed by atoms with Gasteiger partial charge in [0.05, 0.1) is 32.0 Å². The monoisotopic (exact) mass is 270 g/mol. The lowest BCUT2D eigenvalue weighted by molar-refractivity contribution is -0.176. The minimum Gasteiger partial charge on any atom is -0.466 e. The molecule has 0 rings (SSSR count). The van der Waals surface area contributed by atoms with E-state index in [1.807, 2.05) is 0 Å². The Balaban J connectivity index is 3.69. The SMILES string of the molecule is CCOC(=O)CCC(=O)OCCC(C)C(F)(F)F. The molecule has 0 aromatic heterocycles. The van der Waals surface area contributed by atoms with Crippen molar-refractivity contribution in [1.29, 1.82) is 0 Å². The summed E-state index contributed by atoms with van der Waals surface area (Å²) in [5.41, 5.74) is 0. The summed E-state index contributed by atoms with van der Waals surface area (Å²) in [6.45, 7) is 2.57. The Morgan fingerprint density at radius 3 is 2.06 bits per heavy atom. The lowest BCUT2D eigenvalue weighted by Gasteiger charge is -2.15. The average molecular weight is 270 g/mol. The second-order valence-corrected chi connectivity index (χ2v) is 3.76. The quantitative estimate of drug-likeness (QED) is 0.667. The van der Waals surface area contributed by atoms with Crippen LogP contribution in [-0.4, -0.2) is 31.3 Å². The second-order valence-electron chi connectivity index (χ2n) is 3.76. The molecular formula is C11H17F3O4. The maximum atomic E-state index is 12.1. The number of halogens is 3. The van der Waals surface area contributed by atoms with Gasteiger partial charge >= 0.3 is 18.1 Å². The molecule has 0 saturated carbocycles. The standard InChI is InChI=1S/C11H17F3O4/c1-3-17-9(15)4-5-10(16)18-7-6-8(2)11(12,13)14/h8H,3-7H2,1-2H3. The summed E-state index contributed by atoms with van der Waals surface area (Å²) in [6.07, 6.45) is -4.87. The van der Waals surface area contributed by atoms with E-state index in [9.17, 15) is 22.8 Å². The highest BCUT2D eigenvalue weighted by Crippen LogP contribution is 2.27. The van der Waals surface area contributed by atoms with Gasteiger partial charge in [-0.3, -0.25) is 9.59 Å². The summed E-state index contributed by atoms with van der Waals surface area (Å²) < 4.78 is 45.5. The van der Waals surface area contributed by atoms with Crippen molar-refractivity contribution in [2.75, 3.05) is 13.2 Å². The highest BCUT2D eigenvalue weighted by atomic mass is 19.4. The first-order valence-electron chi connectivity index (χ1n) is 5.65. The van der Waals surface area contributed by atoms with Gasteiger partial charge in [-0.05, 0) is 13.3 Å². The Morgan fingerprint density at radius 1 is 1.11 bits per heavy atom. The van der Waals surface area contributed by atoms with Crippen LogP contribution in [0.4, 0.5) is 13.2 Å². The maximum Gasteiger partial charge on any atom is 0.391 e. The van der Waals surface area contributed by atoms with Crippen molar-refractivity contribution in [3.8, 4) is 0 Å². The number of hydrogen-bond donors (Lipinski definition) is 0. The van der Waals surface area contributed by atoms with Crippen LogP contribution < -0.4 is 0 Å². The topological polar surface area (TPSA) is 52.6 Å². The van der Waals surface area contributed by atoms with Gasteiger partial charge in [0.2, 0.25) is 0 Å². The molecule has 7 heteroatoms. The third-order valence-corrected chi connectivity index (χ3v) is 2.21. The molecule has 0 fully saturated rings. The zero-order chi connectivity index (χ0) is 14.2. The molecule has 0 aromatic rings. The normalized spacial score (nSPS) is 12.9. The summed E-state index contributed by atoms with van der Waals surface area (Å²) in [6, 6.07) is 0. The van der Waals surface area contributed by atoms with Crippen molar-refractivity contribution in [3.63, 3.8) is 0 Å². The van der Waals surface area contributed by atoms with Gasteiger partial charge in [0, 0.05) is 0 Å². The van der Waals surface area contributed by atoms with E-state index < -0.39 is 24.0 Å². The molecule has 106 valence electrons. The summed E-state index contributed by atoms with van der Waals surface area (Å²) in [5.74, 6) is -2.74. The molecule has 0 bridgehead atoms. The van der Waals surface area contributed by atoms with Crippen molar-refractivity contribution in [2.45, 2.75) is 39.3 Å². The van der Waals surface area contributed by atoms with Crippen LogP contribution in [0.15, 0.2) is 0 Å². The van der Waals surface area contributed by atoms with Crippen LogP contribution in [0, 0.1) is 5.92 Å². The summed E-state index contributed by atoms with van der Waals surface area (Å²) in [4.78, 5) is 22.0. The Labute approximate surface area is 103 Å². The summed E-state index contributed by atoms with van der Waals surface area (Å²) in [7, 11) is 0. The fourth-order valence-electron chi connectivity index (χ4n) is 1.02. The molecule has 0 aliphatic heterocycles. The number of alkyl halides is 3. The fraction of sp³-hybridized carbons (Fsp3) is 0.818. The van der Waals surface area contributed by atoms with E-state index in [1.54, 1.807) is 6.92 Å². The minimum atomic E-state index is -4.28. The molecule has 0 aromatic carbocycles. The highest BCUT2D eigenvalue weighted by Gasteiger charge is 2.35. The van der Waals surface area contributed by atoms with Crippen molar-refractivity contribution in [3.05, 3.63) is 0 Å². The lowest BCUT2D eigenvalue weighted by Crippen LogP contribution is -2.22. The van der Waals surface area contributed by atoms with Crippen molar-refractivity contribution in [1.82, 2.24) is 0 Å². The van der Waals surface area contributed by atoms with Crippen molar-refractivity contribution < 1.29 is 32.2 Å². The second kappa shape index (κ2) is 7.94. The molecule has 1 atom stereocenters. The molecule has 0 N–H and O–H groups in total. The Kier molecular flexibility index (Phi) is 7.38. The number of carbonyl (C=O) groups excluding carboxylic acids is 2. The van der Waals surface area contributed by atoms with Crippen LogP contribution in [0.25, 0.3) is 0 Å². The van der Waals surface area contributed by atoms with E-state index in [-0.39, 0.29) is 32.5 Å². The van der Waals surface area contributed by atoms with Crippen LogP contribution in [-0.2, 0) is 19.1 Å². The van der Waals surface area contributed by atoms with Crippen LogP contribution in [0.2, 0.25) is 0 Å². The van der Waals surface area contributed by atoms with E-state index in [2.05, 4.69) is 9.47 Å². The average Bonchev–Trinajstić information content (AvgIpc) is 2.25. The smallest absolute Gasteiger partial charge is 0.391 e. The Morgan fingerprint density at radius 2 is 1.61 bits per heavy atom. The van der Waals surface area contributed by atoms with Crippen LogP contribution in [0.5, 0.6) is 0 Å².